The molecular weight excluding hydrogens is 413 g/mol. The number of unbranched alkanes of at least 4 members (excludes halogenated alkanes) is 1. The van der Waals surface area contributed by atoms with Crippen LogP contribution in [-0.4, -0.2) is 57.6 Å². The van der Waals surface area contributed by atoms with Crippen molar-refractivity contribution in [1.82, 2.24) is 19.6 Å². The van der Waals surface area contributed by atoms with Crippen molar-refractivity contribution >= 4 is 11.8 Å². The lowest BCUT2D eigenvalue weighted by molar-refractivity contribution is -0.137. The van der Waals surface area contributed by atoms with E-state index in [-0.39, 0.29) is 48.9 Å². The Morgan fingerprint density at radius 2 is 1.65 bits per heavy atom. The summed E-state index contributed by atoms with van der Waals surface area (Å²) in [6.45, 7) is 3.24. The highest BCUT2D eigenvalue weighted by Crippen LogP contribution is 2.29. The number of carbonyl (C=O) groups excluding carboxylic acids is 2. The summed E-state index contributed by atoms with van der Waals surface area (Å²) in [4.78, 5) is 40.2. The van der Waals surface area contributed by atoms with Crippen LogP contribution in [0.2, 0.25) is 0 Å². The second-order valence-electron chi connectivity index (χ2n) is 7.30. The molecular formula is C21H23F3N4O3. The molecule has 0 radical (unpaired) electrons. The third-order valence-corrected chi connectivity index (χ3v) is 5.10. The summed E-state index contributed by atoms with van der Waals surface area (Å²) in [5.74, 6) is -0.860. The van der Waals surface area contributed by atoms with E-state index in [1.54, 1.807) is 0 Å². The predicted molar refractivity (Wildman–Crippen MR) is 107 cm³/mol. The van der Waals surface area contributed by atoms with E-state index in [4.69, 9.17) is 0 Å². The van der Waals surface area contributed by atoms with Crippen molar-refractivity contribution in [3.63, 3.8) is 0 Å². The van der Waals surface area contributed by atoms with Gasteiger partial charge in [-0.2, -0.15) is 18.3 Å². The number of aryl methyl sites for hydroxylation is 1. The first-order chi connectivity index (χ1) is 14.7. The van der Waals surface area contributed by atoms with Gasteiger partial charge in [-0.1, -0.05) is 19.4 Å². The van der Waals surface area contributed by atoms with Crippen molar-refractivity contribution in [2.24, 2.45) is 0 Å². The van der Waals surface area contributed by atoms with Crippen LogP contribution in [0.25, 0.3) is 0 Å². The summed E-state index contributed by atoms with van der Waals surface area (Å²) < 4.78 is 40.0. The lowest BCUT2D eigenvalue weighted by Crippen LogP contribution is -2.51. The van der Waals surface area contributed by atoms with Crippen LogP contribution in [0, 0.1) is 0 Å². The highest BCUT2D eigenvalue weighted by molar-refractivity contribution is 5.95. The maximum Gasteiger partial charge on any atom is 0.416 e. The van der Waals surface area contributed by atoms with Crippen LogP contribution in [0.15, 0.2) is 41.2 Å². The molecule has 0 bridgehead atoms. The number of rotatable bonds is 5. The molecule has 1 fully saturated rings. The second-order valence-corrected chi connectivity index (χ2v) is 7.30. The van der Waals surface area contributed by atoms with Gasteiger partial charge in [0.15, 0.2) is 0 Å². The van der Waals surface area contributed by atoms with E-state index in [1.165, 1.54) is 38.7 Å². The number of aromatic nitrogens is 2. The number of alkyl halides is 3. The molecule has 1 aromatic carbocycles. The minimum absolute atomic E-state index is 0.0423. The fourth-order valence-corrected chi connectivity index (χ4v) is 3.32. The van der Waals surface area contributed by atoms with Gasteiger partial charge in [-0.25, -0.2) is 4.68 Å². The van der Waals surface area contributed by atoms with E-state index < -0.39 is 17.6 Å². The van der Waals surface area contributed by atoms with Crippen LogP contribution in [0.1, 0.15) is 46.2 Å². The van der Waals surface area contributed by atoms with Gasteiger partial charge in [0.05, 0.1) is 5.56 Å². The Kier molecular flexibility index (Phi) is 6.77. The Bertz CT molecular complexity index is 1010. The Morgan fingerprint density at radius 3 is 2.26 bits per heavy atom. The highest BCUT2D eigenvalue weighted by atomic mass is 19.4. The largest absolute Gasteiger partial charge is 0.416 e. The quantitative estimate of drug-likeness (QED) is 0.722. The summed E-state index contributed by atoms with van der Waals surface area (Å²) in [7, 11) is 0. The average molecular weight is 436 g/mol. The molecule has 0 aliphatic carbocycles. The zero-order chi connectivity index (χ0) is 22.6. The van der Waals surface area contributed by atoms with Gasteiger partial charge in [-0.3, -0.25) is 14.4 Å². The fourth-order valence-electron chi connectivity index (χ4n) is 3.32. The normalized spacial score (nSPS) is 14.6. The number of halogens is 3. The molecule has 1 aliphatic heterocycles. The third-order valence-electron chi connectivity index (χ3n) is 5.10. The standard InChI is InChI=1S/C21H23F3N4O3/c1-2-3-9-28-18(29)8-7-17(25-28)20(31)27-12-10-26(11-13-27)19(30)15-5-4-6-16(14-15)21(22,23)24/h4-8,14H,2-3,9-13H2,1H3. The minimum Gasteiger partial charge on any atom is -0.335 e. The summed E-state index contributed by atoms with van der Waals surface area (Å²) in [5.41, 5.74) is -1.05. The van der Waals surface area contributed by atoms with Crippen LogP contribution >= 0.6 is 0 Å². The molecule has 3 rings (SSSR count). The van der Waals surface area contributed by atoms with E-state index in [0.29, 0.717) is 6.54 Å². The van der Waals surface area contributed by atoms with E-state index in [2.05, 4.69) is 5.10 Å². The first kappa shape index (κ1) is 22.5. The molecule has 0 spiro atoms. The molecule has 1 aromatic heterocycles. The first-order valence-corrected chi connectivity index (χ1v) is 10.0. The van der Waals surface area contributed by atoms with Crippen molar-refractivity contribution < 1.29 is 22.8 Å². The molecule has 0 saturated carbocycles. The smallest absolute Gasteiger partial charge is 0.335 e. The number of benzene rings is 1. The van der Waals surface area contributed by atoms with E-state index in [9.17, 15) is 27.6 Å². The Labute approximate surface area is 177 Å². The van der Waals surface area contributed by atoms with Crippen molar-refractivity contribution in [3.8, 4) is 0 Å². The molecule has 0 atom stereocenters. The average Bonchev–Trinajstić information content (AvgIpc) is 2.77. The minimum atomic E-state index is -4.53. The Morgan fingerprint density at radius 1 is 1.00 bits per heavy atom. The third kappa shape index (κ3) is 5.31. The van der Waals surface area contributed by atoms with Crippen LogP contribution < -0.4 is 5.56 Å². The van der Waals surface area contributed by atoms with Gasteiger partial charge in [0, 0.05) is 44.4 Å². The number of hydrogen-bond donors (Lipinski definition) is 0. The lowest BCUT2D eigenvalue weighted by atomic mass is 10.1. The van der Waals surface area contributed by atoms with Gasteiger partial charge in [0.2, 0.25) is 0 Å². The SMILES string of the molecule is CCCCn1nc(C(=O)N2CCN(C(=O)c3cccc(C(F)(F)F)c3)CC2)ccc1=O. The molecule has 166 valence electrons. The van der Waals surface area contributed by atoms with Crippen LogP contribution in [0.5, 0.6) is 0 Å². The summed E-state index contributed by atoms with van der Waals surface area (Å²) in [6.07, 6.45) is -2.88. The van der Waals surface area contributed by atoms with Crippen molar-refractivity contribution in [3.05, 3.63) is 63.6 Å². The van der Waals surface area contributed by atoms with E-state index in [1.807, 2.05) is 6.92 Å². The van der Waals surface area contributed by atoms with Crippen LogP contribution in [-0.2, 0) is 12.7 Å². The van der Waals surface area contributed by atoms with Crippen molar-refractivity contribution in [1.29, 1.82) is 0 Å². The number of amides is 2. The molecule has 1 aliphatic rings. The fraction of sp³-hybridized carbons (Fsp3) is 0.429. The van der Waals surface area contributed by atoms with E-state index >= 15 is 0 Å². The molecule has 10 heteroatoms. The monoisotopic (exact) mass is 436 g/mol. The number of carbonyl (C=O) groups is 2. The van der Waals surface area contributed by atoms with Crippen molar-refractivity contribution in [2.75, 3.05) is 26.2 Å². The van der Waals surface area contributed by atoms with Gasteiger partial charge >= 0.3 is 6.18 Å². The number of piperazine rings is 1. The molecule has 0 unspecified atom stereocenters. The first-order valence-electron chi connectivity index (χ1n) is 10.0. The molecule has 2 heterocycles. The molecule has 7 nitrogen and oxygen atoms in total. The zero-order valence-corrected chi connectivity index (χ0v) is 17.1. The van der Waals surface area contributed by atoms with Crippen LogP contribution in [0.4, 0.5) is 13.2 Å². The maximum absolute atomic E-state index is 12.9. The molecule has 2 amide bonds. The zero-order valence-electron chi connectivity index (χ0n) is 17.1. The number of hydrogen-bond acceptors (Lipinski definition) is 4. The number of nitrogens with zero attached hydrogens (tertiary/aromatic N) is 4. The van der Waals surface area contributed by atoms with Gasteiger partial charge in [0.25, 0.3) is 17.4 Å². The maximum atomic E-state index is 12.9. The molecule has 0 N–H and O–H groups in total. The van der Waals surface area contributed by atoms with Gasteiger partial charge in [-0.05, 0) is 30.7 Å². The predicted octanol–water partition coefficient (Wildman–Crippen LogP) is 2.66. The lowest BCUT2D eigenvalue weighted by Gasteiger charge is -2.34. The van der Waals surface area contributed by atoms with Crippen LogP contribution in [0.3, 0.4) is 0 Å². The molecule has 1 saturated heterocycles. The summed E-state index contributed by atoms with van der Waals surface area (Å²) >= 11 is 0. The highest BCUT2D eigenvalue weighted by Gasteiger charge is 2.32. The Hall–Kier alpha value is -3.17. The second kappa shape index (κ2) is 9.32. The van der Waals surface area contributed by atoms with Crippen molar-refractivity contribution in [2.45, 2.75) is 32.5 Å². The van der Waals surface area contributed by atoms with Gasteiger partial charge in [-0.15, -0.1) is 0 Å². The Balaban J connectivity index is 1.65. The topological polar surface area (TPSA) is 75.5 Å². The molecule has 2 aromatic rings. The summed E-state index contributed by atoms with van der Waals surface area (Å²) in [6, 6.07) is 6.99. The molecule has 31 heavy (non-hydrogen) atoms. The van der Waals surface area contributed by atoms with Gasteiger partial charge in [0.1, 0.15) is 5.69 Å². The van der Waals surface area contributed by atoms with Gasteiger partial charge < -0.3 is 9.80 Å². The summed E-state index contributed by atoms with van der Waals surface area (Å²) in [5, 5.41) is 4.15. The van der Waals surface area contributed by atoms with E-state index in [0.717, 1.165) is 25.0 Å².